The molecule has 0 fully saturated rings. The molecule has 0 unspecified atom stereocenters. The summed E-state index contributed by atoms with van der Waals surface area (Å²) in [5.41, 5.74) is -0.0923. The molecule has 2 rings (SSSR count). The Morgan fingerprint density at radius 3 is 2.58 bits per heavy atom. The first-order valence-electron chi connectivity index (χ1n) is 7.24. The highest BCUT2D eigenvalue weighted by Crippen LogP contribution is 2.35. The van der Waals surface area contributed by atoms with Gasteiger partial charge in [-0.1, -0.05) is 6.92 Å². The van der Waals surface area contributed by atoms with Crippen molar-refractivity contribution >= 4 is 5.97 Å². The van der Waals surface area contributed by atoms with Crippen molar-refractivity contribution in [3.05, 3.63) is 47.8 Å². The van der Waals surface area contributed by atoms with Crippen LogP contribution >= 0.6 is 0 Å². The Morgan fingerprint density at radius 2 is 1.96 bits per heavy atom. The zero-order valence-corrected chi connectivity index (χ0v) is 13.2. The van der Waals surface area contributed by atoms with Gasteiger partial charge in [0, 0.05) is 23.5 Å². The zero-order chi connectivity index (χ0) is 17.7. The molecule has 0 aliphatic heterocycles. The number of halogens is 3. The van der Waals surface area contributed by atoms with Crippen LogP contribution in [0.25, 0.3) is 11.1 Å². The molecule has 0 saturated heterocycles. The Balaban J connectivity index is 2.54. The Bertz CT molecular complexity index is 729. The van der Waals surface area contributed by atoms with Gasteiger partial charge in [0.1, 0.15) is 5.75 Å². The SMILES string of the molecule is CCCOc1ccc(C(=O)OC)cc1-c1cncc(C(F)(F)F)c1. The molecule has 7 heteroatoms. The molecule has 1 aromatic heterocycles. The van der Waals surface area contributed by atoms with E-state index in [2.05, 4.69) is 9.72 Å². The maximum Gasteiger partial charge on any atom is 0.417 e. The average Bonchev–Trinajstić information content (AvgIpc) is 2.58. The van der Waals surface area contributed by atoms with Crippen LogP contribution in [0, 0.1) is 0 Å². The van der Waals surface area contributed by atoms with Gasteiger partial charge < -0.3 is 9.47 Å². The minimum Gasteiger partial charge on any atom is -0.493 e. The van der Waals surface area contributed by atoms with Crippen LogP contribution in [0.5, 0.6) is 5.75 Å². The summed E-state index contributed by atoms with van der Waals surface area (Å²) in [7, 11) is 1.23. The Kier molecular flexibility index (Phi) is 5.43. The molecule has 4 nitrogen and oxygen atoms in total. The summed E-state index contributed by atoms with van der Waals surface area (Å²) in [5, 5.41) is 0. The van der Waals surface area contributed by atoms with Gasteiger partial charge in [-0.25, -0.2) is 4.79 Å². The van der Waals surface area contributed by atoms with Gasteiger partial charge in [-0.15, -0.1) is 0 Å². The van der Waals surface area contributed by atoms with E-state index in [0.29, 0.717) is 17.9 Å². The molecule has 0 radical (unpaired) electrons. The highest BCUT2D eigenvalue weighted by atomic mass is 19.4. The van der Waals surface area contributed by atoms with E-state index in [9.17, 15) is 18.0 Å². The van der Waals surface area contributed by atoms with Crippen molar-refractivity contribution in [1.82, 2.24) is 4.98 Å². The van der Waals surface area contributed by atoms with Crippen LogP contribution in [0.1, 0.15) is 29.3 Å². The highest BCUT2D eigenvalue weighted by molar-refractivity contribution is 5.91. The second kappa shape index (κ2) is 7.33. The zero-order valence-electron chi connectivity index (χ0n) is 13.2. The molecular formula is C17H16F3NO3. The van der Waals surface area contributed by atoms with E-state index in [-0.39, 0.29) is 11.1 Å². The van der Waals surface area contributed by atoms with E-state index in [1.165, 1.54) is 31.5 Å². The molecule has 0 amide bonds. The molecule has 1 heterocycles. The number of hydrogen-bond donors (Lipinski definition) is 0. The van der Waals surface area contributed by atoms with Crippen molar-refractivity contribution in [3.8, 4) is 16.9 Å². The fraction of sp³-hybridized carbons (Fsp3) is 0.294. The summed E-state index contributed by atoms with van der Waals surface area (Å²) in [6, 6.07) is 5.45. The van der Waals surface area contributed by atoms with Crippen molar-refractivity contribution in [2.45, 2.75) is 19.5 Å². The molecule has 0 aliphatic rings. The number of ether oxygens (including phenoxy) is 2. The van der Waals surface area contributed by atoms with Gasteiger partial charge in [0.15, 0.2) is 0 Å². The third kappa shape index (κ3) is 4.04. The number of carbonyl (C=O) groups is 1. The van der Waals surface area contributed by atoms with Gasteiger partial charge in [0.05, 0.1) is 24.8 Å². The summed E-state index contributed by atoms with van der Waals surface area (Å²) < 4.78 is 48.9. The molecule has 2 aromatic rings. The van der Waals surface area contributed by atoms with Gasteiger partial charge in [-0.2, -0.15) is 13.2 Å². The van der Waals surface area contributed by atoms with E-state index < -0.39 is 17.7 Å². The quantitative estimate of drug-likeness (QED) is 0.760. The first-order chi connectivity index (χ1) is 11.4. The molecule has 0 N–H and O–H groups in total. The lowest BCUT2D eigenvalue weighted by atomic mass is 10.0. The van der Waals surface area contributed by atoms with Crippen molar-refractivity contribution in [1.29, 1.82) is 0 Å². The van der Waals surface area contributed by atoms with E-state index >= 15 is 0 Å². The fourth-order valence-electron chi connectivity index (χ4n) is 2.08. The second-order valence-electron chi connectivity index (χ2n) is 5.01. The number of pyridine rings is 1. The largest absolute Gasteiger partial charge is 0.493 e. The van der Waals surface area contributed by atoms with Gasteiger partial charge in [-0.05, 0) is 30.7 Å². The van der Waals surface area contributed by atoms with E-state index in [1.807, 2.05) is 6.92 Å². The number of hydrogen-bond acceptors (Lipinski definition) is 4. The van der Waals surface area contributed by atoms with Crippen LogP contribution in [0.15, 0.2) is 36.7 Å². The predicted octanol–water partition coefficient (Wildman–Crippen LogP) is 4.34. The minimum atomic E-state index is -4.51. The lowest BCUT2D eigenvalue weighted by Gasteiger charge is -2.14. The normalized spacial score (nSPS) is 11.2. The van der Waals surface area contributed by atoms with Gasteiger partial charge in [0.25, 0.3) is 0 Å². The summed E-state index contributed by atoms with van der Waals surface area (Å²) in [5.74, 6) is -0.205. The van der Waals surface area contributed by atoms with Gasteiger partial charge >= 0.3 is 12.1 Å². The Labute approximate surface area is 137 Å². The minimum absolute atomic E-state index is 0.210. The van der Waals surface area contributed by atoms with Crippen molar-refractivity contribution < 1.29 is 27.4 Å². The van der Waals surface area contributed by atoms with E-state index in [0.717, 1.165) is 18.7 Å². The topological polar surface area (TPSA) is 48.4 Å². The van der Waals surface area contributed by atoms with Crippen LogP contribution in [-0.2, 0) is 10.9 Å². The lowest BCUT2D eigenvalue weighted by Crippen LogP contribution is -2.06. The first kappa shape index (κ1) is 17.8. The Hall–Kier alpha value is -2.57. The molecule has 0 bridgehead atoms. The van der Waals surface area contributed by atoms with E-state index in [1.54, 1.807) is 0 Å². The van der Waals surface area contributed by atoms with Crippen LogP contribution in [0.3, 0.4) is 0 Å². The fourth-order valence-corrected chi connectivity index (χ4v) is 2.08. The molecule has 128 valence electrons. The summed E-state index contributed by atoms with van der Waals surface area (Å²) in [4.78, 5) is 15.3. The number of rotatable bonds is 5. The molecule has 0 atom stereocenters. The number of nitrogens with zero attached hydrogens (tertiary/aromatic N) is 1. The molecule has 0 spiro atoms. The molecule has 24 heavy (non-hydrogen) atoms. The monoisotopic (exact) mass is 339 g/mol. The number of methoxy groups -OCH3 is 1. The predicted molar refractivity (Wildman–Crippen MR) is 81.8 cm³/mol. The first-order valence-corrected chi connectivity index (χ1v) is 7.24. The number of alkyl halides is 3. The van der Waals surface area contributed by atoms with Crippen LogP contribution in [-0.4, -0.2) is 24.7 Å². The van der Waals surface area contributed by atoms with Crippen LogP contribution < -0.4 is 4.74 Å². The Morgan fingerprint density at radius 1 is 1.21 bits per heavy atom. The average molecular weight is 339 g/mol. The third-order valence-corrected chi connectivity index (χ3v) is 3.24. The van der Waals surface area contributed by atoms with Crippen LogP contribution in [0.4, 0.5) is 13.2 Å². The van der Waals surface area contributed by atoms with Crippen molar-refractivity contribution in [2.24, 2.45) is 0 Å². The maximum absolute atomic E-state index is 12.9. The number of aromatic nitrogens is 1. The summed E-state index contributed by atoms with van der Waals surface area (Å²) in [6.07, 6.45) is -1.73. The van der Waals surface area contributed by atoms with Crippen LogP contribution in [0.2, 0.25) is 0 Å². The smallest absolute Gasteiger partial charge is 0.417 e. The summed E-state index contributed by atoms with van der Waals surface area (Å²) in [6.45, 7) is 2.31. The van der Waals surface area contributed by atoms with Gasteiger partial charge in [0.2, 0.25) is 0 Å². The molecule has 1 aromatic carbocycles. The summed E-state index contributed by atoms with van der Waals surface area (Å²) >= 11 is 0. The molecular weight excluding hydrogens is 323 g/mol. The third-order valence-electron chi connectivity index (χ3n) is 3.24. The lowest BCUT2D eigenvalue weighted by molar-refractivity contribution is -0.137. The molecule has 0 aliphatic carbocycles. The van der Waals surface area contributed by atoms with Gasteiger partial charge in [-0.3, -0.25) is 4.98 Å². The highest BCUT2D eigenvalue weighted by Gasteiger charge is 2.31. The van der Waals surface area contributed by atoms with Crippen molar-refractivity contribution in [2.75, 3.05) is 13.7 Å². The molecule has 0 saturated carbocycles. The standard InChI is InChI=1S/C17H16F3NO3/c1-3-6-24-15-5-4-11(16(22)23-2)8-14(15)12-7-13(10-21-9-12)17(18,19)20/h4-5,7-10H,3,6H2,1-2H3. The maximum atomic E-state index is 12.9. The number of benzene rings is 1. The van der Waals surface area contributed by atoms with Crippen molar-refractivity contribution in [3.63, 3.8) is 0 Å². The van der Waals surface area contributed by atoms with E-state index in [4.69, 9.17) is 4.74 Å². The second-order valence-corrected chi connectivity index (χ2v) is 5.01. The number of esters is 1. The number of carbonyl (C=O) groups excluding carboxylic acids is 1.